The van der Waals surface area contributed by atoms with E-state index in [1.807, 2.05) is 48.5 Å². The number of aliphatic hydroxyl groups is 1. The molecule has 1 amide bonds. The lowest BCUT2D eigenvalue weighted by Crippen LogP contribution is -2.41. The molecule has 0 aliphatic rings. The van der Waals surface area contributed by atoms with Crippen LogP contribution < -0.4 is 10.1 Å². The zero-order valence-corrected chi connectivity index (χ0v) is 16.8. The molecule has 1 unspecified atom stereocenters. The van der Waals surface area contributed by atoms with Crippen molar-refractivity contribution in [2.45, 2.75) is 52.0 Å². The largest absolute Gasteiger partial charge is 0.491 e. The second kappa shape index (κ2) is 9.56. The molecule has 2 rings (SSSR count). The third-order valence-corrected chi connectivity index (χ3v) is 4.48. The number of rotatable bonds is 8. The van der Waals surface area contributed by atoms with Crippen LogP contribution in [0.5, 0.6) is 5.75 Å². The van der Waals surface area contributed by atoms with Gasteiger partial charge in [0, 0.05) is 5.56 Å². The molecule has 4 heteroatoms. The van der Waals surface area contributed by atoms with Gasteiger partial charge >= 0.3 is 0 Å². The second-order valence-electron chi connectivity index (χ2n) is 7.89. The average Bonchev–Trinajstić information content (AvgIpc) is 2.65. The van der Waals surface area contributed by atoms with E-state index in [1.165, 1.54) is 11.1 Å². The van der Waals surface area contributed by atoms with E-state index in [-0.39, 0.29) is 24.5 Å². The Morgan fingerprint density at radius 1 is 1.07 bits per heavy atom. The molecule has 0 saturated carbocycles. The monoisotopic (exact) mass is 369 g/mol. The van der Waals surface area contributed by atoms with Crippen molar-refractivity contribution in [2.24, 2.45) is 0 Å². The van der Waals surface area contributed by atoms with Gasteiger partial charge in [-0.15, -0.1) is 0 Å². The van der Waals surface area contributed by atoms with Crippen LogP contribution in [0.1, 0.15) is 55.6 Å². The summed E-state index contributed by atoms with van der Waals surface area (Å²) in [5.41, 5.74) is 3.07. The highest BCUT2D eigenvalue weighted by Gasteiger charge is 2.16. The minimum absolute atomic E-state index is 0.0448. The van der Waals surface area contributed by atoms with Crippen LogP contribution in [0, 0.1) is 0 Å². The van der Waals surface area contributed by atoms with Gasteiger partial charge in [0.2, 0.25) is 0 Å². The number of amides is 1. The number of ether oxygens (including phenoxy) is 1. The smallest absolute Gasteiger partial charge is 0.251 e. The van der Waals surface area contributed by atoms with Crippen LogP contribution in [0.4, 0.5) is 0 Å². The Labute approximate surface area is 162 Å². The molecule has 0 radical (unpaired) electrons. The predicted molar refractivity (Wildman–Crippen MR) is 109 cm³/mol. The molecule has 2 aromatic rings. The Kier molecular flexibility index (Phi) is 7.43. The normalized spacial score (nSPS) is 12.5. The summed E-state index contributed by atoms with van der Waals surface area (Å²) >= 11 is 0. The van der Waals surface area contributed by atoms with E-state index in [2.05, 4.69) is 33.0 Å². The molecule has 0 fully saturated rings. The Morgan fingerprint density at radius 2 is 1.70 bits per heavy atom. The van der Waals surface area contributed by atoms with Gasteiger partial charge in [-0.3, -0.25) is 4.79 Å². The van der Waals surface area contributed by atoms with Crippen LogP contribution in [0.25, 0.3) is 0 Å². The van der Waals surface area contributed by atoms with Gasteiger partial charge in [-0.2, -0.15) is 0 Å². The number of nitrogens with one attached hydrogen (secondary N) is 1. The van der Waals surface area contributed by atoms with Crippen LogP contribution >= 0.6 is 0 Å². The number of aliphatic hydroxyl groups excluding tert-OH is 1. The van der Waals surface area contributed by atoms with Crippen molar-refractivity contribution in [3.63, 3.8) is 0 Å². The lowest BCUT2D eigenvalue weighted by atomic mass is 9.86. The van der Waals surface area contributed by atoms with Crippen LogP contribution in [0.2, 0.25) is 0 Å². The summed E-state index contributed by atoms with van der Waals surface area (Å²) in [5.74, 6) is 0.522. The van der Waals surface area contributed by atoms with Crippen molar-refractivity contribution in [2.75, 3.05) is 13.2 Å². The molecule has 2 N–H and O–H groups in total. The second-order valence-corrected chi connectivity index (χ2v) is 7.89. The van der Waals surface area contributed by atoms with Crippen LogP contribution in [0.3, 0.4) is 0 Å². The molecule has 0 bridgehead atoms. The van der Waals surface area contributed by atoms with Gasteiger partial charge in [0.25, 0.3) is 5.91 Å². The lowest BCUT2D eigenvalue weighted by Gasteiger charge is -2.20. The number of benzene rings is 2. The zero-order chi connectivity index (χ0) is 19.9. The SMILES string of the molecule is CCCc1ccc(OCC(CO)NC(=O)c2ccc(C(C)(C)C)cc2)cc1. The van der Waals surface area contributed by atoms with Crippen molar-refractivity contribution < 1.29 is 14.6 Å². The number of hydrogen-bond donors (Lipinski definition) is 2. The standard InChI is InChI=1S/C23H31NO3/c1-5-6-17-7-13-21(14-8-17)27-16-20(15-25)24-22(26)18-9-11-19(12-10-18)23(2,3)4/h7-14,20,25H,5-6,15-16H2,1-4H3,(H,24,26). The molecule has 1 atom stereocenters. The van der Waals surface area contributed by atoms with Crippen LogP contribution in [-0.4, -0.2) is 30.3 Å². The Bertz CT molecular complexity index is 715. The van der Waals surface area contributed by atoms with E-state index in [4.69, 9.17) is 4.74 Å². The summed E-state index contributed by atoms with van der Waals surface area (Å²) in [7, 11) is 0. The number of carbonyl (C=O) groups excluding carboxylic acids is 1. The van der Waals surface area contributed by atoms with E-state index >= 15 is 0 Å². The Morgan fingerprint density at radius 3 is 2.22 bits per heavy atom. The van der Waals surface area contributed by atoms with Gasteiger partial charge in [-0.05, 0) is 47.2 Å². The van der Waals surface area contributed by atoms with E-state index in [9.17, 15) is 9.90 Å². The van der Waals surface area contributed by atoms with Gasteiger partial charge in [0.05, 0.1) is 12.6 Å². The van der Waals surface area contributed by atoms with E-state index in [0.717, 1.165) is 18.6 Å². The number of hydrogen-bond acceptors (Lipinski definition) is 3. The molecule has 0 spiro atoms. The summed E-state index contributed by atoms with van der Waals surface area (Å²) < 4.78 is 5.72. The molecular weight excluding hydrogens is 338 g/mol. The Balaban J connectivity index is 1.90. The minimum atomic E-state index is -0.463. The lowest BCUT2D eigenvalue weighted by molar-refractivity contribution is 0.0889. The molecule has 27 heavy (non-hydrogen) atoms. The molecule has 0 saturated heterocycles. The van der Waals surface area contributed by atoms with E-state index < -0.39 is 6.04 Å². The predicted octanol–water partition coefficient (Wildman–Crippen LogP) is 4.11. The van der Waals surface area contributed by atoms with E-state index in [0.29, 0.717) is 5.56 Å². The number of carbonyl (C=O) groups is 1. The first-order valence-corrected chi connectivity index (χ1v) is 9.57. The quantitative estimate of drug-likeness (QED) is 0.736. The first-order chi connectivity index (χ1) is 12.8. The molecule has 0 aliphatic heterocycles. The van der Waals surface area contributed by atoms with Crippen molar-refractivity contribution in [3.8, 4) is 5.75 Å². The summed E-state index contributed by atoms with van der Waals surface area (Å²) in [6.07, 6.45) is 2.15. The summed E-state index contributed by atoms with van der Waals surface area (Å²) in [4.78, 5) is 12.4. The number of aryl methyl sites for hydroxylation is 1. The molecule has 4 nitrogen and oxygen atoms in total. The van der Waals surface area contributed by atoms with Gasteiger partial charge in [-0.25, -0.2) is 0 Å². The van der Waals surface area contributed by atoms with Gasteiger partial charge in [0.15, 0.2) is 0 Å². The fourth-order valence-corrected chi connectivity index (χ4v) is 2.77. The third kappa shape index (κ3) is 6.40. The topological polar surface area (TPSA) is 58.6 Å². The third-order valence-electron chi connectivity index (χ3n) is 4.48. The zero-order valence-electron chi connectivity index (χ0n) is 16.8. The molecule has 0 aromatic heterocycles. The van der Waals surface area contributed by atoms with Gasteiger partial charge in [-0.1, -0.05) is 58.4 Å². The van der Waals surface area contributed by atoms with Crippen molar-refractivity contribution in [1.29, 1.82) is 0 Å². The first kappa shape index (κ1) is 21.0. The van der Waals surface area contributed by atoms with Crippen molar-refractivity contribution in [1.82, 2.24) is 5.32 Å². The minimum Gasteiger partial charge on any atom is -0.491 e. The van der Waals surface area contributed by atoms with Crippen LogP contribution in [-0.2, 0) is 11.8 Å². The summed E-state index contributed by atoms with van der Waals surface area (Å²) in [6, 6.07) is 15.0. The molecular formula is C23H31NO3. The summed E-state index contributed by atoms with van der Waals surface area (Å²) in [5, 5.41) is 12.4. The fourth-order valence-electron chi connectivity index (χ4n) is 2.77. The maximum atomic E-state index is 12.4. The van der Waals surface area contributed by atoms with Gasteiger partial charge < -0.3 is 15.2 Å². The maximum absolute atomic E-state index is 12.4. The van der Waals surface area contributed by atoms with E-state index in [1.54, 1.807) is 0 Å². The molecule has 0 heterocycles. The van der Waals surface area contributed by atoms with Crippen molar-refractivity contribution in [3.05, 3.63) is 65.2 Å². The molecule has 2 aromatic carbocycles. The van der Waals surface area contributed by atoms with Crippen molar-refractivity contribution >= 4 is 5.91 Å². The Hall–Kier alpha value is -2.33. The fraction of sp³-hybridized carbons (Fsp3) is 0.435. The van der Waals surface area contributed by atoms with Crippen LogP contribution in [0.15, 0.2) is 48.5 Å². The summed E-state index contributed by atoms with van der Waals surface area (Å²) in [6.45, 7) is 8.59. The van der Waals surface area contributed by atoms with Gasteiger partial charge in [0.1, 0.15) is 12.4 Å². The highest BCUT2D eigenvalue weighted by molar-refractivity contribution is 5.94. The highest BCUT2D eigenvalue weighted by Crippen LogP contribution is 2.22. The molecule has 0 aliphatic carbocycles. The first-order valence-electron chi connectivity index (χ1n) is 9.57. The maximum Gasteiger partial charge on any atom is 0.251 e. The highest BCUT2D eigenvalue weighted by atomic mass is 16.5. The molecule has 146 valence electrons. The average molecular weight is 370 g/mol.